The van der Waals surface area contributed by atoms with Gasteiger partial charge in [0.25, 0.3) is 0 Å². The Labute approximate surface area is 130 Å². The molecule has 1 aromatic rings. The van der Waals surface area contributed by atoms with Crippen LogP contribution in [0.15, 0.2) is 17.0 Å². The lowest BCUT2D eigenvalue weighted by molar-refractivity contribution is -0.140. The Bertz CT molecular complexity index is 654. The van der Waals surface area contributed by atoms with Gasteiger partial charge < -0.3 is 14.6 Å². The van der Waals surface area contributed by atoms with Gasteiger partial charge in [-0.05, 0) is 24.5 Å². The van der Waals surface area contributed by atoms with E-state index in [4.69, 9.17) is 14.6 Å². The summed E-state index contributed by atoms with van der Waals surface area (Å²) in [4.78, 5) is 11.1. The summed E-state index contributed by atoms with van der Waals surface area (Å²) < 4.78 is 37.4. The molecular weight excluding hydrogens is 310 g/mol. The van der Waals surface area contributed by atoms with Crippen LogP contribution in [0.1, 0.15) is 19.4 Å². The van der Waals surface area contributed by atoms with Crippen LogP contribution in [0.5, 0.6) is 11.5 Å². The molecule has 1 aromatic carbocycles. The van der Waals surface area contributed by atoms with Gasteiger partial charge in [0.1, 0.15) is 6.04 Å². The molecule has 0 aliphatic rings. The van der Waals surface area contributed by atoms with E-state index in [1.54, 1.807) is 20.8 Å². The fourth-order valence-corrected chi connectivity index (χ4v) is 3.53. The second kappa shape index (κ2) is 6.97. The predicted molar refractivity (Wildman–Crippen MR) is 80.9 cm³/mol. The monoisotopic (exact) mass is 331 g/mol. The molecular formula is C14H21NO6S. The van der Waals surface area contributed by atoms with Gasteiger partial charge in [-0.3, -0.25) is 4.79 Å². The molecule has 0 amide bonds. The van der Waals surface area contributed by atoms with E-state index in [1.165, 1.54) is 26.4 Å². The predicted octanol–water partition coefficient (Wildman–Crippen LogP) is 1.40. The van der Waals surface area contributed by atoms with Crippen molar-refractivity contribution >= 4 is 16.0 Å². The first-order valence-electron chi connectivity index (χ1n) is 6.61. The number of carbonyl (C=O) groups is 1. The van der Waals surface area contributed by atoms with Crippen LogP contribution in [-0.4, -0.2) is 39.8 Å². The topological polar surface area (TPSA) is 102 Å². The molecule has 8 heteroatoms. The van der Waals surface area contributed by atoms with Crippen LogP contribution in [0.3, 0.4) is 0 Å². The van der Waals surface area contributed by atoms with Crippen LogP contribution in [0, 0.1) is 12.8 Å². The number of hydrogen-bond acceptors (Lipinski definition) is 5. The van der Waals surface area contributed by atoms with Gasteiger partial charge in [0.05, 0.1) is 19.1 Å². The molecule has 2 N–H and O–H groups in total. The largest absolute Gasteiger partial charge is 0.493 e. The molecule has 0 aromatic heterocycles. The minimum Gasteiger partial charge on any atom is -0.493 e. The number of hydrogen-bond donors (Lipinski definition) is 2. The average Bonchev–Trinajstić information content (AvgIpc) is 2.43. The van der Waals surface area contributed by atoms with E-state index in [2.05, 4.69) is 4.72 Å². The molecule has 0 spiro atoms. The fourth-order valence-electron chi connectivity index (χ4n) is 1.95. The summed E-state index contributed by atoms with van der Waals surface area (Å²) in [6.07, 6.45) is 0. The van der Waals surface area contributed by atoms with Crippen LogP contribution >= 0.6 is 0 Å². The quantitative estimate of drug-likeness (QED) is 0.783. The Balaban J connectivity index is 3.31. The van der Waals surface area contributed by atoms with Gasteiger partial charge in [-0.2, -0.15) is 4.72 Å². The van der Waals surface area contributed by atoms with E-state index < -0.39 is 28.0 Å². The maximum atomic E-state index is 12.5. The lowest BCUT2D eigenvalue weighted by Gasteiger charge is -2.19. The van der Waals surface area contributed by atoms with E-state index >= 15 is 0 Å². The van der Waals surface area contributed by atoms with Crippen LogP contribution in [-0.2, 0) is 14.8 Å². The number of sulfonamides is 1. The number of carboxylic acid groups (broad SMARTS) is 1. The lowest BCUT2D eigenvalue weighted by atomic mass is 10.1. The van der Waals surface area contributed by atoms with Crippen molar-refractivity contribution in [2.24, 2.45) is 5.92 Å². The molecule has 7 nitrogen and oxygen atoms in total. The smallest absolute Gasteiger partial charge is 0.322 e. The second-order valence-electron chi connectivity index (χ2n) is 5.15. The minimum atomic E-state index is -4.00. The van der Waals surface area contributed by atoms with Crippen molar-refractivity contribution in [3.8, 4) is 11.5 Å². The van der Waals surface area contributed by atoms with Crippen LogP contribution in [0.2, 0.25) is 0 Å². The average molecular weight is 331 g/mol. The van der Waals surface area contributed by atoms with Crippen LogP contribution < -0.4 is 14.2 Å². The van der Waals surface area contributed by atoms with Gasteiger partial charge in [-0.25, -0.2) is 8.42 Å². The third kappa shape index (κ3) is 3.89. The molecule has 1 atom stereocenters. The van der Waals surface area contributed by atoms with Gasteiger partial charge in [0.15, 0.2) is 11.5 Å². The van der Waals surface area contributed by atoms with E-state index in [-0.39, 0.29) is 10.6 Å². The lowest BCUT2D eigenvalue weighted by Crippen LogP contribution is -2.44. The summed E-state index contributed by atoms with van der Waals surface area (Å²) in [5.74, 6) is -0.966. The molecule has 0 aliphatic heterocycles. The molecule has 0 unspecified atom stereocenters. The Morgan fingerprint density at radius 2 is 1.68 bits per heavy atom. The van der Waals surface area contributed by atoms with Crippen LogP contribution in [0.4, 0.5) is 0 Å². The van der Waals surface area contributed by atoms with Crippen molar-refractivity contribution < 1.29 is 27.8 Å². The van der Waals surface area contributed by atoms with Gasteiger partial charge in [-0.15, -0.1) is 0 Å². The Kier molecular flexibility index (Phi) is 5.78. The maximum Gasteiger partial charge on any atom is 0.322 e. The molecule has 1 rings (SSSR count). The van der Waals surface area contributed by atoms with Crippen LogP contribution in [0.25, 0.3) is 0 Å². The molecule has 124 valence electrons. The first-order valence-corrected chi connectivity index (χ1v) is 8.10. The number of ether oxygens (including phenoxy) is 2. The first kappa shape index (κ1) is 18.2. The highest BCUT2D eigenvalue weighted by Crippen LogP contribution is 2.32. The Hall–Kier alpha value is -1.80. The zero-order chi connectivity index (χ0) is 17.1. The number of methoxy groups -OCH3 is 2. The van der Waals surface area contributed by atoms with Crippen molar-refractivity contribution in [2.75, 3.05) is 14.2 Å². The van der Waals surface area contributed by atoms with Crippen molar-refractivity contribution in [1.82, 2.24) is 4.72 Å². The summed E-state index contributed by atoms with van der Waals surface area (Å²) >= 11 is 0. The zero-order valence-corrected chi connectivity index (χ0v) is 14.0. The van der Waals surface area contributed by atoms with Gasteiger partial charge in [0, 0.05) is 6.07 Å². The molecule has 0 fully saturated rings. The highest BCUT2D eigenvalue weighted by molar-refractivity contribution is 7.89. The summed E-state index contributed by atoms with van der Waals surface area (Å²) in [5.41, 5.74) is 0.429. The Morgan fingerprint density at radius 1 is 1.18 bits per heavy atom. The molecule has 0 bridgehead atoms. The third-order valence-electron chi connectivity index (χ3n) is 3.19. The summed E-state index contributed by atoms with van der Waals surface area (Å²) in [5, 5.41) is 9.13. The van der Waals surface area contributed by atoms with Crippen molar-refractivity contribution in [3.05, 3.63) is 17.7 Å². The number of aryl methyl sites for hydroxylation is 1. The highest BCUT2D eigenvalue weighted by atomic mass is 32.2. The molecule has 22 heavy (non-hydrogen) atoms. The fraction of sp³-hybridized carbons (Fsp3) is 0.500. The number of aliphatic carboxylic acids is 1. The van der Waals surface area contributed by atoms with Crippen molar-refractivity contribution in [1.29, 1.82) is 0 Å². The van der Waals surface area contributed by atoms with Gasteiger partial charge in [-0.1, -0.05) is 13.8 Å². The third-order valence-corrected chi connectivity index (χ3v) is 4.77. The van der Waals surface area contributed by atoms with Crippen molar-refractivity contribution in [2.45, 2.75) is 31.7 Å². The van der Waals surface area contributed by atoms with Crippen molar-refractivity contribution in [3.63, 3.8) is 0 Å². The Morgan fingerprint density at radius 3 is 2.09 bits per heavy atom. The number of benzene rings is 1. The molecule has 0 saturated heterocycles. The molecule has 0 aliphatic carbocycles. The van der Waals surface area contributed by atoms with E-state index in [0.29, 0.717) is 11.3 Å². The summed E-state index contributed by atoms with van der Waals surface area (Å²) in [6.45, 7) is 4.85. The highest BCUT2D eigenvalue weighted by Gasteiger charge is 2.29. The number of carboxylic acids is 1. The van der Waals surface area contributed by atoms with E-state index in [9.17, 15) is 13.2 Å². The summed E-state index contributed by atoms with van der Waals surface area (Å²) in [6, 6.07) is 1.63. The van der Waals surface area contributed by atoms with Gasteiger partial charge in [0.2, 0.25) is 10.0 Å². The van der Waals surface area contributed by atoms with E-state index in [0.717, 1.165) is 0 Å². The second-order valence-corrected chi connectivity index (χ2v) is 6.84. The van der Waals surface area contributed by atoms with E-state index in [1.807, 2.05) is 0 Å². The SMILES string of the molecule is COc1cc(C)c(S(=O)(=O)N[C@H](C(=O)O)C(C)C)cc1OC. The zero-order valence-electron chi connectivity index (χ0n) is 13.2. The number of nitrogens with one attached hydrogen (secondary N) is 1. The first-order chi connectivity index (χ1) is 10.1. The standard InChI is InChI=1S/C14H21NO6S/c1-8(2)13(14(16)17)15-22(18,19)12-7-11(21-5)10(20-4)6-9(12)3/h6-8,13,15H,1-5H3,(H,16,17)/t13-/m0/s1. The normalized spacial score (nSPS) is 13.0. The van der Waals surface area contributed by atoms with Gasteiger partial charge >= 0.3 is 5.97 Å². The maximum absolute atomic E-state index is 12.5. The number of rotatable bonds is 7. The molecule has 0 saturated carbocycles. The summed E-state index contributed by atoms with van der Waals surface area (Å²) in [7, 11) is -1.16. The molecule has 0 radical (unpaired) electrons. The molecule has 0 heterocycles. The minimum absolute atomic E-state index is 0.0444.